The number of aliphatic hydroxyl groups excluding tert-OH is 1. The number of carbonyl (C=O) groups excluding carboxylic acids is 1. The van der Waals surface area contributed by atoms with E-state index in [4.69, 9.17) is 4.74 Å². The summed E-state index contributed by atoms with van der Waals surface area (Å²) < 4.78 is 5.54. The van der Waals surface area contributed by atoms with Crippen molar-refractivity contribution >= 4 is 11.9 Å². The van der Waals surface area contributed by atoms with Crippen LogP contribution in [-0.4, -0.2) is 56.4 Å². The molecule has 1 saturated heterocycles. The molecule has 0 aromatic heterocycles. The molecule has 0 saturated carbocycles. The average molecular weight is 377 g/mol. The van der Waals surface area contributed by atoms with E-state index in [0.29, 0.717) is 25.3 Å². The molecule has 0 spiro atoms. The average Bonchev–Trinajstić information content (AvgIpc) is 3.14. The van der Waals surface area contributed by atoms with Crippen molar-refractivity contribution in [3.8, 4) is 0 Å². The predicted octanol–water partition coefficient (Wildman–Crippen LogP) is 1.28. The molecule has 150 valence electrons. The van der Waals surface area contributed by atoms with Crippen molar-refractivity contribution in [3.63, 3.8) is 0 Å². The highest BCUT2D eigenvalue weighted by atomic mass is 16.5. The number of ether oxygens (including phenoxy) is 1. The minimum absolute atomic E-state index is 0.0285. The molecule has 1 fully saturated rings. The molecule has 0 bridgehead atoms. The molecule has 1 aromatic carbocycles. The molecule has 27 heavy (non-hydrogen) atoms. The summed E-state index contributed by atoms with van der Waals surface area (Å²) >= 11 is 0. The lowest BCUT2D eigenvalue weighted by molar-refractivity contribution is 0.0956. The highest BCUT2D eigenvalue weighted by Crippen LogP contribution is 2.31. The molecule has 1 aliphatic rings. The van der Waals surface area contributed by atoms with Gasteiger partial charge >= 0.3 is 0 Å². The minimum atomic E-state index is -0.0597. The van der Waals surface area contributed by atoms with Gasteiger partial charge in [-0.25, -0.2) is 4.99 Å². The van der Waals surface area contributed by atoms with Gasteiger partial charge in [-0.05, 0) is 44.4 Å². The summed E-state index contributed by atoms with van der Waals surface area (Å²) in [6, 6.07) is 7.50. The lowest BCUT2D eigenvalue weighted by atomic mass is 9.84. The quantitative estimate of drug-likeness (QED) is 0.385. The van der Waals surface area contributed by atoms with Gasteiger partial charge in [-0.3, -0.25) is 4.79 Å². The molecule has 1 heterocycles. The molecular formula is C20H32N4O3. The van der Waals surface area contributed by atoms with Crippen LogP contribution in [0.25, 0.3) is 0 Å². The standard InChI is InChI=1S/C20H32N4O3/c1-3-21-18(26)17-7-5-16(6-8-17)13-23-19(22-4-2)24-14-20(9-11-25)10-12-27-15-20/h5-8,25H,3-4,9-15H2,1-2H3,(H,21,26)(H2,22,23,24). The second-order valence-electron chi connectivity index (χ2n) is 6.88. The van der Waals surface area contributed by atoms with Gasteiger partial charge in [-0.2, -0.15) is 0 Å². The van der Waals surface area contributed by atoms with Crippen molar-refractivity contribution in [2.45, 2.75) is 33.2 Å². The molecule has 2 rings (SSSR count). The maximum absolute atomic E-state index is 11.8. The predicted molar refractivity (Wildman–Crippen MR) is 107 cm³/mol. The van der Waals surface area contributed by atoms with E-state index in [-0.39, 0.29) is 17.9 Å². The fraction of sp³-hybridized carbons (Fsp3) is 0.600. The number of guanidine groups is 1. The smallest absolute Gasteiger partial charge is 0.251 e. The lowest BCUT2D eigenvalue weighted by Gasteiger charge is -2.27. The molecule has 1 unspecified atom stereocenters. The van der Waals surface area contributed by atoms with Crippen LogP contribution >= 0.6 is 0 Å². The van der Waals surface area contributed by atoms with Crippen molar-refractivity contribution in [1.82, 2.24) is 16.0 Å². The fourth-order valence-electron chi connectivity index (χ4n) is 3.12. The molecule has 7 nitrogen and oxygen atoms in total. The Labute approximate surface area is 161 Å². The van der Waals surface area contributed by atoms with Crippen molar-refractivity contribution in [2.24, 2.45) is 10.4 Å². The number of carbonyl (C=O) groups is 1. The van der Waals surface area contributed by atoms with E-state index in [1.165, 1.54) is 0 Å². The fourth-order valence-corrected chi connectivity index (χ4v) is 3.12. The summed E-state index contributed by atoms with van der Waals surface area (Å²) in [4.78, 5) is 16.5. The molecule has 4 N–H and O–H groups in total. The zero-order valence-corrected chi connectivity index (χ0v) is 16.4. The van der Waals surface area contributed by atoms with Gasteiger partial charge in [0.1, 0.15) is 0 Å². The third kappa shape index (κ3) is 6.52. The molecule has 0 radical (unpaired) electrons. The monoisotopic (exact) mass is 376 g/mol. The molecule has 1 amide bonds. The van der Waals surface area contributed by atoms with E-state index in [1.54, 1.807) is 0 Å². The van der Waals surface area contributed by atoms with E-state index in [9.17, 15) is 9.90 Å². The van der Waals surface area contributed by atoms with Gasteiger partial charge in [-0.15, -0.1) is 0 Å². The minimum Gasteiger partial charge on any atom is -0.396 e. The van der Waals surface area contributed by atoms with Gasteiger partial charge in [0.2, 0.25) is 0 Å². The largest absolute Gasteiger partial charge is 0.396 e. The Kier molecular flexibility index (Phi) is 8.54. The van der Waals surface area contributed by atoms with Crippen LogP contribution in [0.15, 0.2) is 29.3 Å². The highest BCUT2D eigenvalue weighted by molar-refractivity contribution is 5.94. The summed E-state index contributed by atoms with van der Waals surface area (Å²) in [5.41, 5.74) is 1.66. The van der Waals surface area contributed by atoms with E-state index >= 15 is 0 Å². The molecule has 1 aromatic rings. The van der Waals surface area contributed by atoms with Crippen molar-refractivity contribution in [2.75, 3.05) is 39.5 Å². The van der Waals surface area contributed by atoms with E-state index in [0.717, 1.165) is 44.1 Å². The summed E-state index contributed by atoms with van der Waals surface area (Å²) in [5, 5.41) is 18.8. The Bertz CT molecular complexity index is 610. The number of aliphatic hydroxyl groups is 1. The molecule has 0 aliphatic carbocycles. The number of nitrogens with zero attached hydrogens (tertiary/aromatic N) is 1. The summed E-state index contributed by atoms with van der Waals surface area (Å²) in [5.74, 6) is 0.685. The normalized spacial score (nSPS) is 19.7. The van der Waals surface area contributed by atoms with Crippen molar-refractivity contribution < 1.29 is 14.6 Å². The Balaban J connectivity index is 1.95. The maximum atomic E-state index is 11.8. The Morgan fingerprint density at radius 3 is 2.52 bits per heavy atom. The van der Waals surface area contributed by atoms with Crippen molar-refractivity contribution in [1.29, 1.82) is 0 Å². The van der Waals surface area contributed by atoms with E-state index < -0.39 is 0 Å². The van der Waals surface area contributed by atoms with Gasteiger partial charge in [0, 0.05) is 43.8 Å². The number of hydrogen-bond acceptors (Lipinski definition) is 4. The maximum Gasteiger partial charge on any atom is 0.251 e. The third-order valence-corrected chi connectivity index (χ3v) is 4.78. The first-order chi connectivity index (χ1) is 13.1. The molecule has 7 heteroatoms. The van der Waals surface area contributed by atoms with Crippen LogP contribution in [-0.2, 0) is 11.3 Å². The number of hydrogen-bond donors (Lipinski definition) is 4. The van der Waals surface area contributed by atoms with Gasteiger partial charge in [0.25, 0.3) is 5.91 Å². The first-order valence-electron chi connectivity index (χ1n) is 9.70. The zero-order chi connectivity index (χ0) is 19.5. The highest BCUT2D eigenvalue weighted by Gasteiger charge is 2.34. The lowest BCUT2D eigenvalue weighted by Crippen LogP contribution is -2.44. The Morgan fingerprint density at radius 2 is 1.93 bits per heavy atom. The van der Waals surface area contributed by atoms with Gasteiger partial charge < -0.3 is 25.8 Å². The Morgan fingerprint density at radius 1 is 1.19 bits per heavy atom. The van der Waals surface area contributed by atoms with Crippen LogP contribution in [0, 0.1) is 5.41 Å². The summed E-state index contributed by atoms with van der Waals surface area (Å²) in [6.45, 7) is 8.13. The van der Waals surface area contributed by atoms with Crippen LogP contribution in [0.3, 0.4) is 0 Å². The summed E-state index contributed by atoms with van der Waals surface area (Å²) in [6.07, 6.45) is 1.67. The van der Waals surface area contributed by atoms with Crippen LogP contribution in [0.2, 0.25) is 0 Å². The van der Waals surface area contributed by atoms with E-state index in [1.807, 2.05) is 38.1 Å². The van der Waals surface area contributed by atoms with Crippen LogP contribution < -0.4 is 16.0 Å². The number of amides is 1. The van der Waals surface area contributed by atoms with Gasteiger partial charge in [0.15, 0.2) is 5.96 Å². The number of nitrogens with one attached hydrogen (secondary N) is 3. The summed E-state index contributed by atoms with van der Waals surface area (Å²) in [7, 11) is 0. The Hall–Kier alpha value is -2.12. The van der Waals surface area contributed by atoms with Gasteiger partial charge in [0.05, 0.1) is 13.2 Å². The van der Waals surface area contributed by atoms with E-state index in [2.05, 4.69) is 20.9 Å². The van der Waals surface area contributed by atoms with Crippen molar-refractivity contribution in [3.05, 3.63) is 35.4 Å². The third-order valence-electron chi connectivity index (χ3n) is 4.78. The number of rotatable bonds is 9. The van der Waals surface area contributed by atoms with Gasteiger partial charge in [-0.1, -0.05) is 12.1 Å². The topological polar surface area (TPSA) is 95.0 Å². The van der Waals surface area contributed by atoms with Crippen LogP contribution in [0.1, 0.15) is 42.6 Å². The molecular weight excluding hydrogens is 344 g/mol. The number of aliphatic imine (C=N–C) groups is 1. The molecule has 1 atom stereocenters. The van der Waals surface area contributed by atoms with Crippen LogP contribution in [0.4, 0.5) is 0 Å². The first kappa shape index (κ1) is 21.2. The number of benzene rings is 1. The second kappa shape index (κ2) is 10.9. The SMILES string of the molecule is CCNC(=O)c1ccc(CN=C(NCC)NCC2(CCO)CCOC2)cc1. The second-order valence-corrected chi connectivity index (χ2v) is 6.88. The van der Waals surface area contributed by atoms with Crippen LogP contribution in [0.5, 0.6) is 0 Å². The molecule has 1 aliphatic heterocycles. The first-order valence-corrected chi connectivity index (χ1v) is 9.70. The zero-order valence-electron chi connectivity index (χ0n) is 16.4.